The van der Waals surface area contributed by atoms with Gasteiger partial charge in [0, 0.05) is 174 Å². The fourth-order valence-corrected chi connectivity index (χ4v) is 11.4. The summed E-state index contributed by atoms with van der Waals surface area (Å²) < 4.78 is 20.2. The van der Waals surface area contributed by atoms with Crippen LogP contribution in [0.4, 0.5) is 0 Å². The van der Waals surface area contributed by atoms with Crippen LogP contribution in [0.15, 0.2) is 317 Å². The Labute approximate surface area is 731 Å². The van der Waals surface area contributed by atoms with Crippen molar-refractivity contribution in [1.82, 2.24) is 71.5 Å². The number of aromatic nitrogens is 11. The number of aliphatic imine (C=N–C) groups is 5. The predicted molar refractivity (Wildman–Crippen MR) is 512 cm³/mol. The number of morpholine rings is 1. The molecule has 2 aromatic carbocycles. The molecule has 0 unspecified atom stereocenters. The van der Waals surface area contributed by atoms with Gasteiger partial charge >= 0.3 is 0 Å². The van der Waals surface area contributed by atoms with Gasteiger partial charge in [0.1, 0.15) is 19.3 Å². The maximum Gasteiger partial charge on any atom is 0.247 e. The van der Waals surface area contributed by atoms with Crippen LogP contribution in [0.25, 0.3) is 10.9 Å². The zero-order chi connectivity index (χ0) is 85.8. The number of benzene rings is 2. The van der Waals surface area contributed by atoms with E-state index in [-0.39, 0.29) is 5.56 Å². The second-order valence-electron chi connectivity index (χ2n) is 28.4. The molecule has 18 heterocycles. The maximum absolute atomic E-state index is 10.2. The summed E-state index contributed by atoms with van der Waals surface area (Å²) in [6, 6.07) is 40.7. The van der Waals surface area contributed by atoms with Crippen molar-refractivity contribution in [3.8, 4) is 0 Å². The Morgan fingerprint density at radius 2 is 0.861 bits per heavy atom. The van der Waals surface area contributed by atoms with E-state index in [1.807, 2.05) is 159 Å². The molecule has 2 spiro atoms. The van der Waals surface area contributed by atoms with Gasteiger partial charge in [0.05, 0.1) is 52.0 Å². The highest BCUT2D eigenvalue weighted by molar-refractivity contribution is 7.99. The molecular weight excluding hydrogens is 1540 g/mol. The lowest BCUT2D eigenvalue weighted by atomic mass is 9.67. The van der Waals surface area contributed by atoms with Crippen molar-refractivity contribution in [1.29, 1.82) is 0 Å². The first-order chi connectivity index (χ1) is 60.7. The first-order valence-electron chi connectivity index (χ1n) is 43.6. The standard InChI is InChI=1S/C8H7N.C6H11NO.C6H10O.C6H6.C5H5NO.C5H5N.2C5H6.C4H9NO.C4H9N.5C4H5N.C4H8O.C4H8S.2C4H8.C3H4N2.2C2H3N3/c1-2-4-8-7(3-1)5-6-9-8;1-2-7-3-6(1)4-8-5-6;1-2-6(3-1)4-7-5-6;1-2-4-6-5-3-1;7-5-3-1-2-4-6-5;1-2-4-6-5-3-1;2*1-2-4-5-3-1;1-3-6-4-2-5-1;8*1-2-4-5-3-1;2*1-2-4-3-1;1-2-5-3-4-1;1-3-2-5-4-1;1-2-4-5-3-1/h1-6,9H;7H,1-5H2;1-5H2;1-6H;1-4H,(H,6,7);1-5H;2*1-4H,5H2;5H,1-4H2;5H,1-4H2;3*1,3-4H,2H2;2*1-5H;2*1-4H2;2*1-4H2;1-2H,3H2;2*1-2H,(H,3,4,5). The molecule has 0 atom stereocenters. The number of allylic oxidation sites excluding steroid dienone is 11. The number of nitrogens with zero attached hydrogens (tertiary/aromatic N) is 10. The molecule has 10 fully saturated rings. The van der Waals surface area contributed by atoms with Gasteiger partial charge in [-0.2, -0.15) is 32.3 Å². The number of aromatic amines is 6. The molecule has 9 N–H and O–H groups in total. The number of rotatable bonds is 0. The summed E-state index contributed by atoms with van der Waals surface area (Å²) >= 11 is 2.07. The number of ether oxygens (including phenoxy) is 4. The highest BCUT2D eigenvalue weighted by Crippen LogP contribution is 2.46. The van der Waals surface area contributed by atoms with Crippen LogP contribution in [0.5, 0.6) is 0 Å². The van der Waals surface area contributed by atoms with Crippen LogP contribution < -0.4 is 21.5 Å². The second kappa shape index (κ2) is 82.8. The van der Waals surface area contributed by atoms with E-state index < -0.39 is 0 Å². The number of nitrogens with one attached hydrogen (secondary N) is 9. The molecule has 16 aliphatic rings. The van der Waals surface area contributed by atoms with Crippen molar-refractivity contribution in [2.75, 3.05) is 110 Å². The van der Waals surface area contributed by atoms with Crippen LogP contribution in [0.3, 0.4) is 0 Å². The molecule has 7 aromatic heterocycles. The largest absolute Gasteiger partial charge is 0.381 e. The Bertz CT molecular complexity index is 3360. The SMILES string of the molecule is C1=CCC=C1.C1=CCC=C1.C1=CN=CC1.C1=CN=CC1.C1=CN=CC1.C1=NCN=C1.C1CC2(C1)COC2.C1CC2(CN1)COC2.C1CCC1.C1CCC1.C1CCNC1.C1CCOC1.C1CCSC1.C1COCCN1.O=c1cccc[nH]1.c1cc[nH]c1.c1cc[nH]c1.c1ccc2[nH]ccc2c1.c1ccccc1.c1ccncc1.c1cn[nH]n1.c1nc[nH]n1. The van der Waals surface area contributed by atoms with Crippen LogP contribution >= 0.6 is 11.8 Å². The molecule has 11 aliphatic heterocycles. The smallest absolute Gasteiger partial charge is 0.247 e. The summed E-state index contributed by atoms with van der Waals surface area (Å²) in [5.74, 6) is 2.83. The molecule has 660 valence electrons. The van der Waals surface area contributed by atoms with Crippen molar-refractivity contribution in [3.05, 3.63) is 298 Å². The molecule has 0 bridgehead atoms. The van der Waals surface area contributed by atoms with E-state index in [0.717, 1.165) is 103 Å². The third kappa shape index (κ3) is 67.2. The number of hydrogen-bond acceptors (Lipinski definition) is 19. The summed E-state index contributed by atoms with van der Waals surface area (Å²) in [5, 5.41) is 26.3. The molecule has 24 nitrogen and oxygen atoms in total. The normalized spacial score (nSPS) is 17.5. The van der Waals surface area contributed by atoms with E-state index in [2.05, 4.69) is 175 Å². The fourth-order valence-electron chi connectivity index (χ4n) is 10.3. The summed E-state index contributed by atoms with van der Waals surface area (Å²) in [6.07, 6.45) is 89.1. The summed E-state index contributed by atoms with van der Waals surface area (Å²) in [7, 11) is 0. The third-order valence-corrected chi connectivity index (χ3v) is 19.4. The van der Waals surface area contributed by atoms with Crippen molar-refractivity contribution in [3.63, 3.8) is 0 Å². The average molecular weight is 1690 g/mol. The van der Waals surface area contributed by atoms with Gasteiger partial charge in [-0.25, -0.2) is 4.98 Å². The van der Waals surface area contributed by atoms with Gasteiger partial charge < -0.3 is 54.8 Å². The Morgan fingerprint density at radius 3 is 1.06 bits per heavy atom. The lowest BCUT2D eigenvalue weighted by Crippen LogP contribution is -2.47. The monoisotopic (exact) mass is 1680 g/mol. The average Bonchev–Trinajstić information content (AvgIpc) is 0.954. The number of para-hydroxylation sites is 1. The third-order valence-electron chi connectivity index (χ3n) is 18.2. The zero-order valence-corrected chi connectivity index (χ0v) is 73.0. The zero-order valence-electron chi connectivity index (χ0n) is 72.2. The first-order valence-corrected chi connectivity index (χ1v) is 44.7. The van der Waals surface area contributed by atoms with Crippen molar-refractivity contribution >= 4 is 53.7 Å². The Morgan fingerprint density at radius 1 is 0.369 bits per heavy atom. The molecule has 25 heteroatoms. The molecule has 0 amide bonds. The predicted octanol–water partition coefficient (Wildman–Crippen LogP) is 19.6. The fraction of sp³-hybridized carbons (Fsp3) is 0.433. The van der Waals surface area contributed by atoms with Gasteiger partial charge in [-0.3, -0.25) is 39.8 Å². The number of thioether (sulfide) groups is 1. The van der Waals surface area contributed by atoms with E-state index >= 15 is 0 Å². The molecule has 7 saturated heterocycles. The van der Waals surface area contributed by atoms with Crippen LogP contribution in [0.2, 0.25) is 0 Å². The van der Waals surface area contributed by atoms with Crippen molar-refractivity contribution in [2.24, 2.45) is 35.8 Å². The molecule has 9 aromatic rings. The van der Waals surface area contributed by atoms with Crippen molar-refractivity contribution < 1.29 is 18.9 Å². The highest BCUT2D eigenvalue weighted by Gasteiger charge is 2.43. The molecule has 25 rings (SSSR count). The van der Waals surface area contributed by atoms with Gasteiger partial charge in [-0.1, -0.05) is 191 Å². The van der Waals surface area contributed by atoms with E-state index in [1.165, 1.54) is 183 Å². The van der Waals surface area contributed by atoms with Gasteiger partial charge in [0.25, 0.3) is 0 Å². The molecule has 122 heavy (non-hydrogen) atoms. The maximum atomic E-state index is 10.2. The van der Waals surface area contributed by atoms with Gasteiger partial charge in [0.15, 0.2) is 0 Å². The Hall–Kier alpha value is -10.5. The highest BCUT2D eigenvalue weighted by atomic mass is 32.2. The van der Waals surface area contributed by atoms with Gasteiger partial charge in [-0.15, -0.1) is 0 Å². The van der Waals surface area contributed by atoms with E-state index in [9.17, 15) is 4.79 Å². The molecular formula is C97H141N19O5S. The summed E-state index contributed by atoms with van der Waals surface area (Å²) in [6.45, 7) is 15.5. The van der Waals surface area contributed by atoms with Gasteiger partial charge in [-0.05, 0) is 162 Å². The number of pyridine rings is 2. The van der Waals surface area contributed by atoms with Gasteiger partial charge in [0.2, 0.25) is 5.56 Å². The quantitative estimate of drug-likeness (QED) is 0.0682. The summed E-state index contributed by atoms with van der Waals surface area (Å²) in [4.78, 5) is 47.7. The number of fused-ring (bicyclic) bond motifs is 1. The topological polar surface area (TPSA) is 311 Å². The minimum absolute atomic E-state index is 0.0532. The minimum Gasteiger partial charge on any atom is -0.381 e. The first kappa shape index (κ1) is 104. The Balaban J connectivity index is 0.000000269. The van der Waals surface area contributed by atoms with E-state index in [1.54, 1.807) is 74.1 Å². The summed E-state index contributed by atoms with van der Waals surface area (Å²) in [5.41, 5.74) is 2.46. The van der Waals surface area contributed by atoms with Crippen molar-refractivity contribution in [2.45, 2.75) is 148 Å². The molecule has 0 radical (unpaired) electrons. The van der Waals surface area contributed by atoms with Crippen LogP contribution in [-0.4, -0.2) is 197 Å². The second-order valence-corrected chi connectivity index (χ2v) is 29.7. The van der Waals surface area contributed by atoms with Crippen LogP contribution in [0, 0.1) is 10.8 Å². The minimum atomic E-state index is -0.0532. The molecule has 5 aliphatic carbocycles. The molecule has 3 saturated carbocycles. The number of hydrogen-bond donors (Lipinski definition) is 9. The van der Waals surface area contributed by atoms with Crippen LogP contribution in [0.1, 0.15) is 148 Å². The Kier molecular flexibility index (Phi) is 70.5. The van der Waals surface area contributed by atoms with Crippen LogP contribution in [-0.2, 0) is 18.9 Å². The lowest BCUT2D eigenvalue weighted by Gasteiger charge is -2.48. The van der Waals surface area contributed by atoms with E-state index in [4.69, 9.17) is 18.9 Å². The number of H-pyrrole nitrogens is 6. The lowest BCUT2D eigenvalue weighted by molar-refractivity contribution is -0.155. The van der Waals surface area contributed by atoms with E-state index in [0.29, 0.717) is 12.1 Å².